The average Bonchev–Trinajstić information content (AvgIpc) is 2.80. The normalized spacial score (nSPS) is 19.9. The Balaban J connectivity index is 1.77. The molecule has 0 bridgehead atoms. The maximum atomic E-state index is 14.5. The molecule has 2 aromatic rings. The summed E-state index contributed by atoms with van der Waals surface area (Å²) >= 11 is 0. The van der Waals surface area contributed by atoms with Gasteiger partial charge in [0.1, 0.15) is 11.6 Å². The van der Waals surface area contributed by atoms with E-state index in [0.29, 0.717) is 17.4 Å². The fraction of sp³-hybridized carbons (Fsp3) is 0.400. The van der Waals surface area contributed by atoms with Gasteiger partial charge in [-0.2, -0.15) is 0 Å². The average molecular weight is 441 g/mol. The van der Waals surface area contributed by atoms with Crippen LogP contribution in [0.4, 0.5) is 14.5 Å². The van der Waals surface area contributed by atoms with Gasteiger partial charge >= 0.3 is 0 Å². The van der Waals surface area contributed by atoms with Gasteiger partial charge in [-0.3, -0.25) is 4.99 Å². The highest BCUT2D eigenvalue weighted by molar-refractivity contribution is 6.11. The molecule has 170 valence electrons. The fourth-order valence-electron chi connectivity index (χ4n) is 4.33. The summed E-state index contributed by atoms with van der Waals surface area (Å²) in [7, 11) is 2.03. The van der Waals surface area contributed by atoms with Crippen LogP contribution in [0.25, 0.3) is 5.57 Å². The number of hydrogen-bond donors (Lipinski definition) is 2. The number of anilines is 1. The van der Waals surface area contributed by atoms with Gasteiger partial charge in [-0.05, 0) is 70.0 Å². The highest BCUT2D eigenvalue weighted by atomic mass is 19.1. The zero-order valence-electron chi connectivity index (χ0n) is 18.6. The van der Waals surface area contributed by atoms with Crippen LogP contribution in [0.15, 0.2) is 41.5 Å². The van der Waals surface area contributed by atoms with Gasteiger partial charge in [0.25, 0.3) is 0 Å². The number of rotatable bonds is 5. The van der Waals surface area contributed by atoms with Gasteiger partial charge in [0.15, 0.2) is 11.6 Å². The lowest BCUT2D eigenvalue weighted by atomic mass is 9.92. The fourth-order valence-corrected chi connectivity index (χ4v) is 4.33. The SMILES string of the molecule is CC1CCc2c(ccc(C(C=NC3CCNCC3)=CN)c2Oc2cc(F)ccc2F)N1C. The first-order valence-corrected chi connectivity index (χ1v) is 11.2. The minimum absolute atomic E-state index is 0.146. The highest BCUT2D eigenvalue weighted by Crippen LogP contribution is 2.42. The Morgan fingerprint density at radius 3 is 2.72 bits per heavy atom. The molecule has 4 rings (SSSR count). The summed E-state index contributed by atoms with van der Waals surface area (Å²) in [5, 5.41) is 3.33. The summed E-state index contributed by atoms with van der Waals surface area (Å²) < 4.78 is 34.4. The molecule has 0 radical (unpaired) electrons. The van der Waals surface area contributed by atoms with Gasteiger partial charge in [-0.1, -0.05) is 0 Å². The first-order chi connectivity index (χ1) is 15.5. The molecule has 2 aromatic carbocycles. The molecule has 1 saturated heterocycles. The van der Waals surface area contributed by atoms with Gasteiger partial charge in [0.05, 0.1) is 6.04 Å². The van der Waals surface area contributed by atoms with Crippen molar-refractivity contribution in [1.29, 1.82) is 0 Å². The van der Waals surface area contributed by atoms with Crippen molar-refractivity contribution in [2.24, 2.45) is 10.7 Å². The second-order valence-corrected chi connectivity index (χ2v) is 8.50. The van der Waals surface area contributed by atoms with E-state index in [4.69, 9.17) is 15.5 Å². The third-order valence-corrected chi connectivity index (χ3v) is 6.42. The number of hydrogen-bond acceptors (Lipinski definition) is 5. The monoisotopic (exact) mass is 440 g/mol. The molecule has 1 unspecified atom stereocenters. The standard InChI is InChI=1S/C25H30F2N4O/c1-16-3-5-21-23(31(16)2)8-6-20(17(14-28)15-30-19-9-11-29-12-10-19)25(21)32-24-13-18(26)4-7-22(24)27/h4,6-8,13-16,19,29H,3,5,9-12,28H2,1-2H3. The van der Waals surface area contributed by atoms with E-state index in [9.17, 15) is 8.78 Å². The van der Waals surface area contributed by atoms with Crippen molar-refractivity contribution in [3.8, 4) is 11.5 Å². The largest absolute Gasteiger partial charge is 0.453 e. The Hall–Kier alpha value is -2.93. The summed E-state index contributed by atoms with van der Waals surface area (Å²) in [4.78, 5) is 6.92. The second-order valence-electron chi connectivity index (χ2n) is 8.50. The maximum Gasteiger partial charge on any atom is 0.166 e. The molecule has 0 amide bonds. The second kappa shape index (κ2) is 9.69. The molecule has 0 aromatic heterocycles. The number of halogens is 2. The Kier molecular flexibility index (Phi) is 6.74. The van der Waals surface area contributed by atoms with Crippen molar-refractivity contribution in [2.75, 3.05) is 25.0 Å². The minimum atomic E-state index is -0.617. The van der Waals surface area contributed by atoms with Gasteiger partial charge < -0.3 is 20.7 Å². The van der Waals surface area contributed by atoms with Crippen LogP contribution >= 0.6 is 0 Å². The number of aliphatic imine (C=N–C) groups is 1. The van der Waals surface area contributed by atoms with E-state index < -0.39 is 11.6 Å². The summed E-state index contributed by atoms with van der Waals surface area (Å²) in [6.45, 7) is 4.06. The van der Waals surface area contributed by atoms with Crippen molar-refractivity contribution in [3.63, 3.8) is 0 Å². The van der Waals surface area contributed by atoms with Gasteiger partial charge in [0.2, 0.25) is 0 Å². The summed E-state index contributed by atoms with van der Waals surface area (Å²) in [5.41, 5.74) is 9.39. The number of fused-ring (bicyclic) bond motifs is 1. The lowest BCUT2D eigenvalue weighted by molar-refractivity contribution is 0.427. The third kappa shape index (κ3) is 4.63. The van der Waals surface area contributed by atoms with Crippen molar-refractivity contribution < 1.29 is 13.5 Å². The van der Waals surface area contributed by atoms with E-state index in [2.05, 4.69) is 17.1 Å². The van der Waals surface area contributed by atoms with E-state index in [1.165, 1.54) is 6.20 Å². The number of piperidine rings is 1. The molecule has 0 aliphatic carbocycles. The van der Waals surface area contributed by atoms with Crippen LogP contribution in [-0.2, 0) is 6.42 Å². The van der Waals surface area contributed by atoms with Crippen LogP contribution in [0.3, 0.4) is 0 Å². The summed E-state index contributed by atoms with van der Waals surface area (Å²) in [5.74, 6) is -0.818. The molecule has 3 N–H and O–H groups in total. The Morgan fingerprint density at radius 2 is 1.97 bits per heavy atom. The number of allylic oxidation sites excluding steroid dienone is 1. The van der Waals surface area contributed by atoms with Crippen LogP contribution in [0.1, 0.15) is 37.3 Å². The van der Waals surface area contributed by atoms with Crippen molar-refractivity contribution in [2.45, 2.75) is 44.7 Å². The molecule has 2 heterocycles. The molecule has 1 atom stereocenters. The first-order valence-electron chi connectivity index (χ1n) is 11.2. The molecule has 2 aliphatic rings. The molecular weight excluding hydrogens is 410 g/mol. The molecule has 0 saturated carbocycles. The predicted molar refractivity (Wildman–Crippen MR) is 126 cm³/mol. The number of nitrogens with one attached hydrogen (secondary N) is 1. The zero-order valence-corrected chi connectivity index (χ0v) is 18.6. The lowest BCUT2D eigenvalue weighted by Crippen LogP contribution is -2.33. The molecule has 32 heavy (non-hydrogen) atoms. The molecular formula is C25H30F2N4O. The van der Waals surface area contributed by atoms with Crippen molar-refractivity contribution in [1.82, 2.24) is 5.32 Å². The summed E-state index contributed by atoms with van der Waals surface area (Å²) in [6.07, 6.45) is 6.92. The Morgan fingerprint density at radius 1 is 1.19 bits per heavy atom. The maximum absolute atomic E-state index is 14.5. The third-order valence-electron chi connectivity index (χ3n) is 6.42. The van der Waals surface area contributed by atoms with E-state index in [1.807, 2.05) is 19.2 Å². The molecule has 5 nitrogen and oxygen atoms in total. The number of nitrogens with two attached hydrogens (primary N) is 1. The van der Waals surface area contributed by atoms with E-state index in [0.717, 1.165) is 73.8 Å². The topological polar surface area (TPSA) is 62.9 Å². The van der Waals surface area contributed by atoms with Gasteiger partial charge in [-0.15, -0.1) is 0 Å². The van der Waals surface area contributed by atoms with E-state index in [1.54, 1.807) is 6.21 Å². The van der Waals surface area contributed by atoms with Crippen LogP contribution in [0.2, 0.25) is 0 Å². The van der Waals surface area contributed by atoms with Crippen molar-refractivity contribution in [3.05, 3.63) is 59.3 Å². The Bertz CT molecular complexity index is 1030. The van der Waals surface area contributed by atoms with Crippen LogP contribution in [0, 0.1) is 11.6 Å². The quantitative estimate of drug-likeness (QED) is 0.665. The van der Waals surface area contributed by atoms with Crippen molar-refractivity contribution >= 4 is 17.5 Å². The summed E-state index contributed by atoms with van der Waals surface area (Å²) in [6, 6.07) is 7.80. The molecule has 1 fully saturated rings. The van der Waals surface area contributed by atoms with Crippen LogP contribution < -0.4 is 20.7 Å². The lowest BCUT2D eigenvalue weighted by Gasteiger charge is -2.35. The number of benzene rings is 2. The van der Waals surface area contributed by atoms with Crippen LogP contribution in [0.5, 0.6) is 11.5 Å². The smallest absolute Gasteiger partial charge is 0.166 e. The van der Waals surface area contributed by atoms with Crippen LogP contribution in [-0.4, -0.2) is 38.4 Å². The van der Waals surface area contributed by atoms with E-state index in [-0.39, 0.29) is 11.8 Å². The molecule has 0 spiro atoms. The minimum Gasteiger partial charge on any atom is -0.453 e. The number of ether oxygens (including phenoxy) is 1. The Labute approximate surface area is 188 Å². The highest BCUT2D eigenvalue weighted by Gasteiger charge is 2.26. The molecule has 2 aliphatic heterocycles. The molecule has 7 heteroatoms. The first kappa shape index (κ1) is 22.3. The predicted octanol–water partition coefficient (Wildman–Crippen LogP) is 4.65. The van der Waals surface area contributed by atoms with Gasteiger partial charge in [-0.25, -0.2) is 8.78 Å². The van der Waals surface area contributed by atoms with Gasteiger partial charge in [0, 0.05) is 54.0 Å². The van der Waals surface area contributed by atoms with E-state index >= 15 is 0 Å². The zero-order chi connectivity index (χ0) is 22.7. The number of nitrogens with zero attached hydrogens (tertiary/aromatic N) is 2.